The molecule has 0 saturated heterocycles. The van der Waals surface area contributed by atoms with E-state index in [0.29, 0.717) is 11.3 Å². The number of pyridine rings is 1. The van der Waals surface area contributed by atoms with Crippen LogP contribution in [-0.2, 0) is 21.2 Å². The summed E-state index contributed by atoms with van der Waals surface area (Å²) in [6, 6.07) is 6.16. The molecule has 0 aliphatic heterocycles. The van der Waals surface area contributed by atoms with Gasteiger partial charge in [0.15, 0.2) is 9.84 Å². The van der Waals surface area contributed by atoms with Crippen LogP contribution in [-0.4, -0.2) is 50.6 Å². The zero-order valence-corrected chi connectivity index (χ0v) is 17.5. The van der Waals surface area contributed by atoms with Gasteiger partial charge < -0.3 is 4.57 Å². The van der Waals surface area contributed by atoms with Crippen molar-refractivity contribution in [2.75, 3.05) is 6.26 Å². The van der Waals surface area contributed by atoms with Crippen LogP contribution in [0.3, 0.4) is 0 Å². The van der Waals surface area contributed by atoms with Crippen molar-refractivity contribution < 1.29 is 22.8 Å². The van der Waals surface area contributed by atoms with E-state index in [1.54, 1.807) is 25.1 Å². The Balaban J connectivity index is 1.88. The van der Waals surface area contributed by atoms with E-state index in [0.717, 1.165) is 28.6 Å². The first-order chi connectivity index (χ1) is 14.6. The van der Waals surface area contributed by atoms with Crippen LogP contribution < -0.4 is 11.0 Å². The summed E-state index contributed by atoms with van der Waals surface area (Å²) >= 11 is 0. The van der Waals surface area contributed by atoms with E-state index in [2.05, 4.69) is 10.2 Å². The quantitative estimate of drug-likeness (QED) is 0.403. The van der Waals surface area contributed by atoms with E-state index < -0.39 is 32.4 Å². The van der Waals surface area contributed by atoms with Crippen LogP contribution in [0, 0.1) is 12.7 Å². The van der Waals surface area contributed by atoms with E-state index >= 15 is 0 Å². The van der Waals surface area contributed by atoms with Gasteiger partial charge >= 0.3 is 0 Å². The van der Waals surface area contributed by atoms with Crippen molar-refractivity contribution >= 4 is 15.7 Å². The Kier molecular flexibility index (Phi) is 6.32. The van der Waals surface area contributed by atoms with Gasteiger partial charge in [0.25, 0.3) is 11.5 Å². The summed E-state index contributed by atoms with van der Waals surface area (Å²) in [6.45, 7) is 1.57. The number of aryl methyl sites for hydroxylation is 2. The highest BCUT2D eigenvalue weighted by atomic mass is 32.2. The van der Waals surface area contributed by atoms with Crippen LogP contribution >= 0.6 is 0 Å². The Labute approximate surface area is 176 Å². The molecule has 1 amide bonds. The Morgan fingerprint density at radius 1 is 1.26 bits per heavy atom. The molecule has 0 fully saturated rings. The zero-order valence-electron chi connectivity index (χ0n) is 16.7. The lowest BCUT2D eigenvalue weighted by molar-refractivity contribution is -0.128. The van der Waals surface area contributed by atoms with Gasteiger partial charge in [0.05, 0.1) is 18.1 Å². The summed E-state index contributed by atoms with van der Waals surface area (Å²) in [6.07, 6.45) is 4.56. The van der Waals surface area contributed by atoms with Gasteiger partial charge in [-0.3, -0.25) is 14.8 Å². The molecule has 0 unspecified atom stereocenters. The summed E-state index contributed by atoms with van der Waals surface area (Å²) in [4.78, 5) is 25.5. The molecule has 0 spiro atoms. The van der Waals surface area contributed by atoms with Crippen molar-refractivity contribution in [3.8, 4) is 16.8 Å². The van der Waals surface area contributed by atoms with Crippen molar-refractivity contribution in [1.82, 2.24) is 25.0 Å². The fourth-order valence-electron chi connectivity index (χ4n) is 3.20. The Morgan fingerprint density at radius 2 is 1.94 bits per heavy atom. The molecule has 2 N–H and O–H groups in total. The highest BCUT2D eigenvalue weighted by Crippen LogP contribution is 2.25. The smallest absolute Gasteiger partial charge is 0.261 e. The molecule has 0 bridgehead atoms. The summed E-state index contributed by atoms with van der Waals surface area (Å²) in [5, 5.41) is 15.3. The molecule has 1 atom stereocenters. The summed E-state index contributed by atoms with van der Waals surface area (Å²) in [5.41, 5.74) is 2.76. The topological polar surface area (TPSA) is 136 Å². The van der Waals surface area contributed by atoms with Crippen molar-refractivity contribution in [1.29, 1.82) is 0 Å². The predicted octanol–water partition coefficient (Wildman–Crippen LogP) is 0.852. The second-order valence-corrected chi connectivity index (χ2v) is 9.20. The minimum atomic E-state index is -3.84. The number of sulfone groups is 1. The van der Waals surface area contributed by atoms with Gasteiger partial charge in [-0.05, 0) is 36.6 Å². The molecule has 3 aromatic rings. The van der Waals surface area contributed by atoms with E-state index in [9.17, 15) is 22.4 Å². The van der Waals surface area contributed by atoms with E-state index in [-0.39, 0.29) is 18.5 Å². The van der Waals surface area contributed by atoms with Crippen LogP contribution in [0.25, 0.3) is 16.8 Å². The molecule has 12 heteroatoms. The molecule has 2 heterocycles. The number of amides is 1. The number of carbonyl (C=O) groups excluding carboxylic acids is 1. The van der Waals surface area contributed by atoms with Gasteiger partial charge in [0, 0.05) is 30.6 Å². The minimum Gasteiger partial charge on any atom is -0.312 e. The molecule has 0 aliphatic rings. The van der Waals surface area contributed by atoms with Crippen LogP contribution in [0.5, 0.6) is 0 Å². The van der Waals surface area contributed by atoms with Gasteiger partial charge in [0.1, 0.15) is 11.1 Å². The number of carbonyl (C=O) groups is 1. The average molecular weight is 449 g/mol. The molecule has 3 rings (SSSR count). The number of aromatic nitrogens is 4. The number of nitrogens with zero attached hydrogens (tertiary/aromatic N) is 4. The van der Waals surface area contributed by atoms with Gasteiger partial charge in [-0.25, -0.2) is 18.3 Å². The number of nitrogens with one attached hydrogen (secondary N) is 1. The number of hydrogen-bond donors (Lipinski definition) is 2. The maximum absolute atomic E-state index is 14.8. The van der Waals surface area contributed by atoms with Gasteiger partial charge in [-0.2, -0.15) is 15.0 Å². The van der Waals surface area contributed by atoms with E-state index in [4.69, 9.17) is 5.21 Å². The standard InChI is InChI=1S/C19H20FN5O5S/c1-12-9-13(3-4-16(12)25-21-6-7-22-25)14-10-18(26)24(11-15(14)20)8-5-17(19(27)23-28)31(2,29)30/h3-4,6-7,9-11,17,28H,5,8H2,1-2H3,(H,23,27)/t17-/m1/s1. The van der Waals surface area contributed by atoms with Crippen LogP contribution in [0.2, 0.25) is 0 Å². The SMILES string of the molecule is Cc1cc(-c2cc(=O)n(CC[C@H](C(=O)NO)S(C)(=O)=O)cc2F)ccc1-n1nccn1. The Bertz CT molecular complexity index is 1270. The van der Waals surface area contributed by atoms with Crippen molar-refractivity contribution in [3.63, 3.8) is 0 Å². The van der Waals surface area contributed by atoms with Crippen molar-refractivity contribution in [3.05, 3.63) is 64.6 Å². The maximum Gasteiger partial charge on any atom is 0.261 e. The second-order valence-electron chi connectivity index (χ2n) is 6.97. The first kappa shape index (κ1) is 22.3. The molecular formula is C19H20FN5O5S. The average Bonchev–Trinajstić information content (AvgIpc) is 3.23. The molecule has 1 aromatic carbocycles. The van der Waals surface area contributed by atoms with Gasteiger partial charge in [-0.15, -0.1) is 0 Å². The number of rotatable bonds is 7. The normalized spacial score (nSPS) is 12.5. The number of hydrogen-bond acceptors (Lipinski definition) is 7. The lowest BCUT2D eigenvalue weighted by Gasteiger charge is -2.15. The highest BCUT2D eigenvalue weighted by molar-refractivity contribution is 7.92. The Morgan fingerprint density at radius 3 is 2.52 bits per heavy atom. The fraction of sp³-hybridized carbons (Fsp3) is 0.263. The molecular weight excluding hydrogens is 429 g/mol. The van der Waals surface area contributed by atoms with Crippen molar-refractivity contribution in [2.45, 2.75) is 25.1 Å². The van der Waals surface area contributed by atoms with E-state index in [1.165, 1.54) is 22.7 Å². The third-order valence-corrected chi connectivity index (χ3v) is 6.25. The summed E-state index contributed by atoms with van der Waals surface area (Å²) in [5.74, 6) is -1.80. The number of benzene rings is 1. The Hall–Kier alpha value is -3.38. The largest absolute Gasteiger partial charge is 0.312 e. The van der Waals surface area contributed by atoms with Crippen LogP contribution in [0.1, 0.15) is 12.0 Å². The molecule has 10 nitrogen and oxygen atoms in total. The number of halogens is 1. The lowest BCUT2D eigenvalue weighted by Crippen LogP contribution is -2.39. The molecule has 0 aliphatic carbocycles. The fourth-order valence-corrected chi connectivity index (χ4v) is 4.17. The van der Waals surface area contributed by atoms with Crippen LogP contribution in [0.4, 0.5) is 4.39 Å². The predicted molar refractivity (Wildman–Crippen MR) is 109 cm³/mol. The van der Waals surface area contributed by atoms with Crippen LogP contribution in [0.15, 0.2) is 47.7 Å². The van der Waals surface area contributed by atoms with Crippen molar-refractivity contribution in [2.24, 2.45) is 0 Å². The summed E-state index contributed by atoms with van der Waals surface area (Å²) < 4.78 is 39.2. The second kappa shape index (κ2) is 8.78. The summed E-state index contributed by atoms with van der Waals surface area (Å²) in [7, 11) is -3.84. The first-order valence-electron chi connectivity index (χ1n) is 9.12. The van der Waals surface area contributed by atoms with E-state index in [1.807, 2.05) is 0 Å². The highest BCUT2D eigenvalue weighted by Gasteiger charge is 2.28. The molecule has 164 valence electrons. The number of hydroxylamine groups is 1. The lowest BCUT2D eigenvalue weighted by atomic mass is 10.0. The monoisotopic (exact) mass is 449 g/mol. The molecule has 0 saturated carbocycles. The zero-order chi connectivity index (χ0) is 22.8. The third-order valence-electron chi connectivity index (χ3n) is 4.77. The first-order valence-corrected chi connectivity index (χ1v) is 11.1. The van der Waals surface area contributed by atoms with Gasteiger partial charge in [0.2, 0.25) is 0 Å². The third kappa shape index (κ3) is 4.86. The maximum atomic E-state index is 14.8. The molecule has 31 heavy (non-hydrogen) atoms. The molecule has 0 radical (unpaired) electrons. The molecule has 2 aromatic heterocycles. The van der Waals surface area contributed by atoms with Gasteiger partial charge in [-0.1, -0.05) is 6.07 Å². The minimum absolute atomic E-state index is 0.0806.